The second-order valence-corrected chi connectivity index (χ2v) is 8.30. The van der Waals surface area contributed by atoms with Gasteiger partial charge in [0.15, 0.2) is 6.61 Å². The Balaban J connectivity index is 1.77. The van der Waals surface area contributed by atoms with Gasteiger partial charge in [0.25, 0.3) is 5.91 Å². The van der Waals surface area contributed by atoms with Crippen molar-refractivity contribution in [2.75, 3.05) is 13.2 Å². The molecule has 0 fully saturated rings. The quantitative estimate of drug-likeness (QED) is 0.446. The van der Waals surface area contributed by atoms with E-state index in [0.29, 0.717) is 12.3 Å². The molecule has 5 nitrogen and oxygen atoms in total. The standard InChI is InChI=1S/C25H26BrFN2O3/c1-3-14-28-25(31)17(2)29(15-18-8-11-20(27)12-9-18)23(30)16-32-22-13-10-19-6-4-5-7-21(19)24(22)26/h4-13,17H,3,14-16H2,1-2H3,(H,28,31)/t17-/m0/s1. The zero-order valence-electron chi connectivity index (χ0n) is 18.1. The van der Waals surface area contributed by atoms with Crippen molar-refractivity contribution in [1.29, 1.82) is 0 Å². The molecule has 3 aromatic carbocycles. The van der Waals surface area contributed by atoms with Crippen LogP contribution in [0.4, 0.5) is 4.39 Å². The van der Waals surface area contributed by atoms with Crippen LogP contribution < -0.4 is 10.1 Å². The Morgan fingerprint density at radius 3 is 2.53 bits per heavy atom. The van der Waals surface area contributed by atoms with Gasteiger partial charge < -0.3 is 15.0 Å². The van der Waals surface area contributed by atoms with Crippen molar-refractivity contribution in [3.63, 3.8) is 0 Å². The van der Waals surface area contributed by atoms with E-state index < -0.39 is 6.04 Å². The Hall–Kier alpha value is -2.93. The normalized spacial score (nSPS) is 11.8. The first kappa shape index (κ1) is 23.7. The molecule has 3 rings (SSSR count). The molecule has 0 aliphatic carbocycles. The van der Waals surface area contributed by atoms with Gasteiger partial charge in [-0.1, -0.05) is 49.4 Å². The fourth-order valence-electron chi connectivity index (χ4n) is 3.31. The van der Waals surface area contributed by atoms with E-state index in [2.05, 4.69) is 21.2 Å². The molecule has 0 aromatic heterocycles. The molecule has 2 amide bonds. The van der Waals surface area contributed by atoms with Gasteiger partial charge in [0.1, 0.15) is 17.6 Å². The third kappa shape index (κ3) is 5.85. The number of hydrogen-bond acceptors (Lipinski definition) is 3. The van der Waals surface area contributed by atoms with E-state index in [9.17, 15) is 14.0 Å². The predicted octanol–water partition coefficient (Wildman–Crippen LogP) is 5.06. The average molecular weight is 501 g/mol. The Morgan fingerprint density at radius 1 is 1.09 bits per heavy atom. The monoisotopic (exact) mass is 500 g/mol. The van der Waals surface area contributed by atoms with Gasteiger partial charge in [-0.15, -0.1) is 0 Å². The topological polar surface area (TPSA) is 58.6 Å². The van der Waals surface area contributed by atoms with Crippen molar-refractivity contribution < 1.29 is 18.7 Å². The van der Waals surface area contributed by atoms with Gasteiger partial charge in [-0.05, 0) is 63.8 Å². The summed E-state index contributed by atoms with van der Waals surface area (Å²) in [6, 6.07) is 16.8. The van der Waals surface area contributed by atoms with Crippen molar-refractivity contribution in [3.05, 3.63) is 76.5 Å². The summed E-state index contributed by atoms with van der Waals surface area (Å²) < 4.78 is 19.9. The fraction of sp³-hybridized carbons (Fsp3) is 0.280. The second-order valence-electron chi connectivity index (χ2n) is 7.50. The maximum atomic E-state index is 13.3. The van der Waals surface area contributed by atoms with Crippen LogP contribution in [0.3, 0.4) is 0 Å². The number of hydrogen-bond donors (Lipinski definition) is 1. The molecule has 0 saturated heterocycles. The summed E-state index contributed by atoms with van der Waals surface area (Å²) in [5, 5.41) is 4.86. The predicted molar refractivity (Wildman–Crippen MR) is 127 cm³/mol. The molecule has 1 N–H and O–H groups in total. The lowest BCUT2D eigenvalue weighted by Gasteiger charge is -2.28. The molecule has 0 bridgehead atoms. The lowest BCUT2D eigenvalue weighted by Crippen LogP contribution is -2.49. The number of fused-ring (bicyclic) bond motifs is 1. The summed E-state index contributed by atoms with van der Waals surface area (Å²) in [5.41, 5.74) is 0.724. The Kier molecular flexibility index (Phi) is 8.22. The number of amides is 2. The van der Waals surface area contributed by atoms with Gasteiger partial charge in [0.2, 0.25) is 5.91 Å². The molecule has 32 heavy (non-hydrogen) atoms. The van der Waals surface area contributed by atoms with Crippen LogP contribution in [-0.2, 0) is 16.1 Å². The van der Waals surface area contributed by atoms with E-state index in [0.717, 1.165) is 27.2 Å². The van der Waals surface area contributed by atoms with E-state index in [4.69, 9.17) is 4.74 Å². The van der Waals surface area contributed by atoms with Crippen molar-refractivity contribution >= 4 is 38.5 Å². The van der Waals surface area contributed by atoms with Crippen LogP contribution in [0.1, 0.15) is 25.8 Å². The van der Waals surface area contributed by atoms with Crippen molar-refractivity contribution in [3.8, 4) is 5.75 Å². The summed E-state index contributed by atoms with van der Waals surface area (Å²) in [7, 11) is 0. The third-order valence-electron chi connectivity index (χ3n) is 5.16. The van der Waals surface area contributed by atoms with Crippen molar-refractivity contribution in [2.24, 2.45) is 0 Å². The van der Waals surface area contributed by atoms with Gasteiger partial charge >= 0.3 is 0 Å². The smallest absolute Gasteiger partial charge is 0.261 e. The number of benzene rings is 3. The van der Waals surface area contributed by atoms with Crippen LogP contribution in [-0.4, -0.2) is 35.9 Å². The van der Waals surface area contributed by atoms with Crippen LogP contribution >= 0.6 is 15.9 Å². The van der Waals surface area contributed by atoms with E-state index >= 15 is 0 Å². The molecule has 0 heterocycles. The van der Waals surface area contributed by atoms with Gasteiger partial charge in [-0.2, -0.15) is 0 Å². The zero-order valence-corrected chi connectivity index (χ0v) is 19.7. The summed E-state index contributed by atoms with van der Waals surface area (Å²) in [5.74, 6) is -0.394. The summed E-state index contributed by atoms with van der Waals surface area (Å²) >= 11 is 3.56. The highest BCUT2D eigenvalue weighted by Gasteiger charge is 2.26. The van der Waals surface area contributed by atoms with Gasteiger partial charge in [0.05, 0.1) is 4.47 Å². The number of carbonyl (C=O) groups excluding carboxylic acids is 2. The third-order valence-corrected chi connectivity index (χ3v) is 5.98. The summed E-state index contributed by atoms with van der Waals surface area (Å²) in [6.45, 7) is 4.11. The van der Waals surface area contributed by atoms with Gasteiger partial charge in [-0.25, -0.2) is 4.39 Å². The lowest BCUT2D eigenvalue weighted by atomic mass is 10.1. The Bertz CT molecular complexity index is 1090. The molecule has 168 valence electrons. The van der Waals surface area contributed by atoms with E-state index in [1.165, 1.54) is 17.0 Å². The first-order valence-corrected chi connectivity index (χ1v) is 11.3. The molecule has 0 radical (unpaired) electrons. The van der Waals surface area contributed by atoms with E-state index in [-0.39, 0.29) is 30.8 Å². The second kappa shape index (κ2) is 11.1. The van der Waals surface area contributed by atoms with Crippen LogP contribution in [0.5, 0.6) is 5.75 Å². The van der Waals surface area contributed by atoms with Gasteiger partial charge in [-0.3, -0.25) is 9.59 Å². The molecule has 0 spiro atoms. The van der Waals surface area contributed by atoms with Crippen LogP contribution in [0, 0.1) is 5.82 Å². The Labute approximate surface area is 195 Å². The molecule has 0 unspecified atom stereocenters. The first-order chi connectivity index (χ1) is 15.4. The molecule has 0 saturated carbocycles. The highest BCUT2D eigenvalue weighted by Crippen LogP contribution is 2.33. The zero-order chi connectivity index (χ0) is 23.1. The summed E-state index contributed by atoms with van der Waals surface area (Å²) in [4.78, 5) is 27.1. The SMILES string of the molecule is CCCNC(=O)[C@H](C)N(Cc1ccc(F)cc1)C(=O)COc1ccc2ccccc2c1Br. The van der Waals surface area contributed by atoms with Crippen molar-refractivity contribution in [2.45, 2.75) is 32.9 Å². The molecular weight excluding hydrogens is 475 g/mol. The largest absolute Gasteiger partial charge is 0.483 e. The number of nitrogens with one attached hydrogen (secondary N) is 1. The van der Waals surface area contributed by atoms with E-state index in [1.54, 1.807) is 25.1 Å². The number of ether oxygens (including phenoxy) is 1. The molecule has 0 aliphatic heterocycles. The molecule has 1 atom stereocenters. The van der Waals surface area contributed by atoms with Crippen LogP contribution in [0.2, 0.25) is 0 Å². The maximum Gasteiger partial charge on any atom is 0.261 e. The summed E-state index contributed by atoms with van der Waals surface area (Å²) in [6.07, 6.45) is 0.795. The molecule has 3 aromatic rings. The highest BCUT2D eigenvalue weighted by molar-refractivity contribution is 9.10. The van der Waals surface area contributed by atoms with Crippen molar-refractivity contribution in [1.82, 2.24) is 10.2 Å². The first-order valence-electron chi connectivity index (χ1n) is 10.5. The van der Waals surface area contributed by atoms with Crippen LogP contribution in [0.25, 0.3) is 10.8 Å². The lowest BCUT2D eigenvalue weighted by molar-refractivity contribution is -0.142. The van der Waals surface area contributed by atoms with E-state index in [1.807, 2.05) is 37.3 Å². The minimum Gasteiger partial charge on any atom is -0.483 e. The number of halogens is 2. The number of rotatable bonds is 9. The minimum absolute atomic E-state index is 0.169. The van der Waals surface area contributed by atoms with Gasteiger partial charge in [0, 0.05) is 13.1 Å². The van der Waals surface area contributed by atoms with Crippen LogP contribution in [0.15, 0.2) is 65.1 Å². The average Bonchev–Trinajstić information content (AvgIpc) is 2.81. The maximum absolute atomic E-state index is 13.3. The number of nitrogens with zero attached hydrogens (tertiary/aromatic N) is 1. The Morgan fingerprint density at radius 2 is 1.81 bits per heavy atom. The number of carbonyl (C=O) groups is 2. The fourth-order valence-corrected chi connectivity index (χ4v) is 3.92. The molecule has 7 heteroatoms. The highest BCUT2D eigenvalue weighted by atomic mass is 79.9. The molecule has 0 aliphatic rings. The molecular formula is C25H26BrFN2O3. The minimum atomic E-state index is -0.706.